The van der Waals surface area contributed by atoms with Crippen molar-refractivity contribution in [2.24, 2.45) is 0 Å². The molecule has 0 saturated carbocycles. The zero-order chi connectivity index (χ0) is 5.70. The average Bonchev–Trinajstić information content (AvgIpc) is 1.68. The zero-order valence-corrected chi connectivity index (χ0v) is 7.81. The Morgan fingerprint density at radius 3 is 2.00 bits per heavy atom. The molecule has 4 nitrogen and oxygen atoms in total. The molecule has 0 aliphatic heterocycles. The summed E-state index contributed by atoms with van der Waals surface area (Å²) in [6.45, 7) is 0. The predicted molar refractivity (Wildman–Crippen MR) is 20.5 cm³/mol. The van der Waals surface area contributed by atoms with Crippen LogP contribution in [0.4, 0.5) is 4.79 Å². The molecule has 0 fully saturated rings. The fourth-order valence-corrected chi connectivity index (χ4v) is 0.102. The fourth-order valence-electron chi connectivity index (χ4n) is 0.102. The van der Waals surface area contributed by atoms with Gasteiger partial charge in [-0.2, -0.15) is 4.89 Å². The zero-order valence-electron chi connectivity index (χ0n) is 4.84. The number of carbonyl (C=O) groups is 1. The third-order valence-electron chi connectivity index (χ3n) is 0.318. The number of methoxy groups -OCH3 is 1. The quantitative estimate of drug-likeness (QED) is 0.247. The number of hydrogen-bond acceptors (Lipinski definition) is 4. The number of hydrogen-bond donors (Lipinski definition) is 0. The second-order valence-corrected chi connectivity index (χ2v) is 0.704. The van der Waals surface area contributed by atoms with Crippen molar-refractivity contribution in [1.29, 1.82) is 0 Å². The average molecular weight is 171 g/mol. The molecular formula is C3H6O4Zn. The molecule has 0 aromatic heterocycles. The largest absolute Gasteiger partial charge is 0.540 e. The van der Waals surface area contributed by atoms with Gasteiger partial charge in [0.2, 0.25) is 0 Å². The van der Waals surface area contributed by atoms with Crippen molar-refractivity contribution in [3.63, 3.8) is 0 Å². The van der Waals surface area contributed by atoms with E-state index in [0.717, 1.165) is 0 Å². The summed E-state index contributed by atoms with van der Waals surface area (Å²) in [5, 5.41) is 0. The summed E-state index contributed by atoms with van der Waals surface area (Å²) in [6, 6.07) is 0. The first-order chi connectivity index (χ1) is 3.31. The van der Waals surface area contributed by atoms with E-state index in [1.165, 1.54) is 14.2 Å². The molecule has 44 valence electrons. The minimum absolute atomic E-state index is 0. The van der Waals surface area contributed by atoms with Gasteiger partial charge in [0.25, 0.3) is 0 Å². The van der Waals surface area contributed by atoms with Crippen LogP contribution in [0.15, 0.2) is 0 Å². The molecule has 0 aromatic rings. The topological polar surface area (TPSA) is 44.8 Å². The van der Waals surface area contributed by atoms with E-state index in [1.54, 1.807) is 0 Å². The van der Waals surface area contributed by atoms with Crippen molar-refractivity contribution in [3.05, 3.63) is 0 Å². The smallest absolute Gasteiger partial charge is 0.436 e. The summed E-state index contributed by atoms with van der Waals surface area (Å²) < 4.78 is 4.00. The summed E-state index contributed by atoms with van der Waals surface area (Å²) in [6.07, 6.45) is -0.845. The molecule has 0 aliphatic carbocycles. The third kappa shape index (κ3) is 5.85. The van der Waals surface area contributed by atoms with Crippen molar-refractivity contribution in [1.82, 2.24) is 0 Å². The van der Waals surface area contributed by atoms with Gasteiger partial charge in [0.15, 0.2) is 0 Å². The molecule has 8 heavy (non-hydrogen) atoms. The maximum Gasteiger partial charge on any atom is 0.540 e. The first kappa shape index (κ1) is 10.8. The van der Waals surface area contributed by atoms with Crippen molar-refractivity contribution >= 4 is 6.16 Å². The van der Waals surface area contributed by atoms with Crippen LogP contribution in [0.1, 0.15) is 0 Å². The van der Waals surface area contributed by atoms with E-state index in [-0.39, 0.29) is 19.5 Å². The molecule has 0 unspecified atom stereocenters. The van der Waals surface area contributed by atoms with Crippen LogP contribution < -0.4 is 0 Å². The van der Waals surface area contributed by atoms with Crippen LogP contribution in [0.2, 0.25) is 0 Å². The van der Waals surface area contributed by atoms with Crippen LogP contribution >= 0.6 is 0 Å². The number of carbonyl (C=O) groups excluding carboxylic acids is 1. The second-order valence-electron chi connectivity index (χ2n) is 0.704. The molecule has 0 radical (unpaired) electrons. The standard InChI is InChI=1S/C3H6O4.Zn/c1-5-3(4)7-6-2;/h1-2H3;. The summed E-state index contributed by atoms with van der Waals surface area (Å²) >= 11 is 0. The first-order valence-corrected chi connectivity index (χ1v) is 1.60. The van der Waals surface area contributed by atoms with Gasteiger partial charge in [0.1, 0.15) is 0 Å². The minimum atomic E-state index is -0.845. The molecule has 0 atom stereocenters. The Morgan fingerprint density at radius 2 is 1.88 bits per heavy atom. The molecule has 0 spiro atoms. The normalized spacial score (nSPS) is 6.75. The molecule has 0 aromatic carbocycles. The Hall–Kier alpha value is -0.147. The Bertz CT molecular complexity index is 64.3. The monoisotopic (exact) mass is 170 g/mol. The van der Waals surface area contributed by atoms with Crippen molar-refractivity contribution in [2.75, 3.05) is 14.2 Å². The summed E-state index contributed by atoms with van der Waals surface area (Å²) in [7, 11) is 2.41. The molecule has 0 rings (SSSR count). The molecule has 0 saturated heterocycles. The SMILES string of the molecule is COOC(=O)OC.[Zn]. The van der Waals surface area contributed by atoms with Gasteiger partial charge in [-0.15, -0.1) is 0 Å². The predicted octanol–water partition coefficient (Wildman–Crippen LogP) is 0.328. The van der Waals surface area contributed by atoms with Gasteiger partial charge in [-0.3, -0.25) is 4.89 Å². The van der Waals surface area contributed by atoms with E-state index in [9.17, 15) is 4.79 Å². The van der Waals surface area contributed by atoms with Gasteiger partial charge in [0, 0.05) is 19.5 Å². The van der Waals surface area contributed by atoms with Gasteiger partial charge >= 0.3 is 6.16 Å². The summed E-state index contributed by atoms with van der Waals surface area (Å²) in [5.41, 5.74) is 0. The Kier molecular flexibility index (Phi) is 9.22. The van der Waals surface area contributed by atoms with E-state index >= 15 is 0 Å². The van der Waals surface area contributed by atoms with E-state index in [2.05, 4.69) is 14.5 Å². The van der Waals surface area contributed by atoms with Gasteiger partial charge in [-0.05, 0) is 0 Å². The fraction of sp³-hybridized carbons (Fsp3) is 0.667. The first-order valence-electron chi connectivity index (χ1n) is 1.60. The molecular weight excluding hydrogens is 165 g/mol. The third-order valence-corrected chi connectivity index (χ3v) is 0.318. The maximum atomic E-state index is 9.84. The second kappa shape index (κ2) is 6.85. The maximum absolute atomic E-state index is 9.84. The van der Waals surface area contributed by atoms with Crippen LogP contribution in [0.5, 0.6) is 0 Å². The van der Waals surface area contributed by atoms with Crippen LogP contribution in [0, 0.1) is 0 Å². The summed E-state index contributed by atoms with van der Waals surface area (Å²) in [5.74, 6) is 0. The van der Waals surface area contributed by atoms with Gasteiger partial charge < -0.3 is 4.74 Å². The summed E-state index contributed by atoms with van der Waals surface area (Å²) in [4.78, 5) is 17.6. The minimum Gasteiger partial charge on any atom is -0.436 e. The van der Waals surface area contributed by atoms with Crippen molar-refractivity contribution < 1.29 is 38.8 Å². The van der Waals surface area contributed by atoms with E-state index in [1.807, 2.05) is 0 Å². The van der Waals surface area contributed by atoms with E-state index in [4.69, 9.17) is 0 Å². The van der Waals surface area contributed by atoms with Crippen LogP contribution in [-0.2, 0) is 34.0 Å². The van der Waals surface area contributed by atoms with Gasteiger partial charge in [0.05, 0.1) is 14.2 Å². The van der Waals surface area contributed by atoms with Gasteiger partial charge in [-0.25, -0.2) is 4.79 Å². The molecule has 0 amide bonds. The van der Waals surface area contributed by atoms with Crippen LogP contribution in [0.3, 0.4) is 0 Å². The molecule has 0 aliphatic rings. The molecule has 0 N–H and O–H groups in total. The van der Waals surface area contributed by atoms with Crippen molar-refractivity contribution in [2.45, 2.75) is 0 Å². The number of rotatable bonds is 1. The Labute approximate surface area is 59.8 Å². The van der Waals surface area contributed by atoms with E-state index < -0.39 is 6.16 Å². The Balaban J connectivity index is 0. The number of ether oxygens (including phenoxy) is 1. The van der Waals surface area contributed by atoms with Crippen molar-refractivity contribution in [3.8, 4) is 0 Å². The molecule has 0 bridgehead atoms. The van der Waals surface area contributed by atoms with E-state index in [0.29, 0.717) is 0 Å². The Morgan fingerprint density at radius 1 is 1.38 bits per heavy atom. The van der Waals surface area contributed by atoms with Crippen LogP contribution in [0.25, 0.3) is 0 Å². The molecule has 5 heteroatoms. The van der Waals surface area contributed by atoms with Gasteiger partial charge in [-0.1, -0.05) is 0 Å². The molecule has 0 heterocycles. The van der Waals surface area contributed by atoms with Crippen LogP contribution in [-0.4, -0.2) is 20.4 Å².